The maximum absolute atomic E-state index is 15.1. The zero-order valence-electron chi connectivity index (χ0n) is 22.5. The lowest BCUT2D eigenvalue weighted by Crippen LogP contribution is -2.46. The normalized spacial score (nSPS) is 26.5. The number of amides is 1. The molecule has 1 aromatic heterocycles. The van der Waals surface area contributed by atoms with Crippen molar-refractivity contribution in [1.82, 2.24) is 20.1 Å². The summed E-state index contributed by atoms with van der Waals surface area (Å²) < 4.78 is 41.5. The zero-order valence-corrected chi connectivity index (χ0v) is 22.5. The van der Waals surface area contributed by atoms with Crippen LogP contribution in [0.4, 0.5) is 8.78 Å². The predicted octanol–water partition coefficient (Wildman–Crippen LogP) is 4.35. The third kappa shape index (κ3) is 4.95. The van der Waals surface area contributed by atoms with Crippen LogP contribution in [-0.4, -0.2) is 78.2 Å². The molecule has 3 aromatic rings. The minimum Gasteiger partial charge on any atom is -0.483 e. The fraction of sp³-hybridized carbons (Fsp3) is 0.484. The molecule has 3 atom stereocenters. The molecular weight excluding hydrogens is 514 g/mol. The number of benzene rings is 2. The lowest BCUT2D eigenvalue weighted by molar-refractivity contribution is -0.0620. The second-order valence-electron chi connectivity index (χ2n) is 11.6. The number of carbonyl (C=O) groups excluding carboxylic acids is 1. The minimum absolute atomic E-state index is 0.0157. The lowest BCUT2D eigenvalue weighted by Gasteiger charge is -2.31. The molecular formula is C31H34F2N4O3. The Hall–Kier alpha value is -3.14. The molecule has 0 unspecified atom stereocenters. The largest absolute Gasteiger partial charge is 0.483 e. The first-order valence-electron chi connectivity index (χ1n) is 14.3. The first kappa shape index (κ1) is 25.8. The van der Waals surface area contributed by atoms with Gasteiger partial charge in [0.1, 0.15) is 5.75 Å². The molecule has 4 aliphatic heterocycles. The summed E-state index contributed by atoms with van der Waals surface area (Å²) in [5.41, 5.74) is 4.42. The number of hydrogen-bond acceptors (Lipinski definition) is 6. The second kappa shape index (κ2) is 10.4. The van der Waals surface area contributed by atoms with E-state index in [1.165, 1.54) is 0 Å². The summed E-state index contributed by atoms with van der Waals surface area (Å²) in [5, 5.41) is 4.36. The van der Waals surface area contributed by atoms with Gasteiger partial charge in [-0.15, -0.1) is 0 Å². The van der Waals surface area contributed by atoms with Crippen molar-refractivity contribution in [1.29, 1.82) is 0 Å². The molecule has 210 valence electrons. The standard InChI is InChI=1S/C31H34F2N4O3/c32-31(33)19-36(15-20-3-7-27-21(12-20)4-8-28(35-27)22-9-11-39-18-22)17-29(31)40-25-5-6-26-23(13-25)16-37(30(26)38)24-2-1-10-34-14-24/h3-8,12-13,22,24,29,34H,1-2,9-11,14-19H2/t22-,24+,29-/m1/s1. The highest BCUT2D eigenvalue weighted by Gasteiger charge is 2.50. The van der Waals surface area contributed by atoms with Gasteiger partial charge in [0.15, 0.2) is 6.10 Å². The molecule has 3 fully saturated rings. The highest BCUT2D eigenvalue weighted by Crippen LogP contribution is 2.35. The Morgan fingerprint density at radius 1 is 1.12 bits per heavy atom. The van der Waals surface area contributed by atoms with Crippen LogP contribution in [0.5, 0.6) is 5.75 Å². The fourth-order valence-electron chi connectivity index (χ4n) is 6.57. The Morgan fingerprint density at radius 3 is 2.88 bits per heavy atom. The number of halogens is 2. The summed E-state index contributed by atoms with van der Waals surface area (Å²) >= 11 is 0. The van der Waals surface area contributed by atoms with Gasteiger partial charge in [0.2, 0.25) is 0 Å². The van der Waals surface area contributed by atoms with Crippen LogP contribution < -0.4 is 10.1 Å². The molecule has 0 bridgehead atoms. The number of ether oxygens (including phenoxy) is 2. The van der Waals surface area contributed by atoms with Gasteiger partial charge >= 0.3 is 0 Å². The molecule has 1 amide bonds. The Labute approximate surface area is 232 Å². The number of nitrogens with zero attached hydrogens (tertiary/aromatic N) is 3. The van der Waals surface area contributed by atoms with E-state index in [-0.39, 0.29) is 25.0 Å². The number of alkyl halides is 2. The van der Waals surface area contributed by atoms with Gasteiger partial charge in [0, 0.05) is 61.4 Å². The van der Waals surface area contributed by atoms with E-state index in [1.807, 2.05) is 23.1 Å². The van der Waals surface area contributed by atoms with Crippen molar-refractivity contribution in [3.05, 3.63) is 70.9 Å². The van der Waals surface area contributed by atoms with Crippen LogP contribution >= 0.6 is 0 Å². The number of hydrogen-bond donors (Lipinski definition) is 1. The van der Waals surface area contributed by atoms with E-state index in [0.29, 0.717) is 36.9 Å². The summed E-state index contributed by atoms with van der Waals surface area (Å²) in [6.07, 6.45) is 1.76. The molecule has 2 aromatic carbocycles. The van der Waals surface area contributed by atoms with Crippen LogP contribution in [0.25, 0.3) is 10.9 Å². The van der Waals surface area contributed by atoms with E-state index in [0.717, 1.165) is 66.7 Å². The molecule has 0 saturated carbocycles. The molecule has 3 saturated heterocycles. The fourth-order valence-corrected chi connectivity index (χ4v) is 6.57. The van der Waals surface area contributed by atoms with E-state index in [1.54, 1.807) is 23.1 Å². The van der Waals surface area contributed by atoms with Gasteiger partial charge in [-0.05, 0) is 73.3 Å². The van der Waals surface area contributed by atoms with Crippen molar-refractivity contribution < 1.29 is 23.0 Å². The predicted molar refractivity (Wildman–Crippen MR) is 147 cm³/mol. The maximum atomic E-state index is 15.1. The van der Waals surface area contributed by atoms with E-state index in [2.05, 4.69) is 17.4 Å². The van der Waals surface area contributed by atoms with Gasteiger partial charge in [-0.25, -0.2) is 8.78 Å². The zero-order chi connectivity index (χ0) is 27.3. The van der Waals surface area contributed by atoms with Crippen LogP contribution in [0.15, 0.2) is 48.5 Å². The highest BCUT2D eigenvalue weighted by molar-refractivity contribution is 5.98. The van der Waals surface area contributed by atoms with Gasteiger partial charge in [-0.1, -0.05) is 12.1 Å². The van der Waals surface area contributed by atoms with Crippen molar-refractivity contribution in [3.8, 4) is 5.75 Å². The first-order valence-corrected chi connectivity index (χ1v) is 14.3. The number of pyridine rings is 1. The van der Waals surface area contributed by atoms with Crippen molar-refractivity contribution in [2.45, 2.75) is 56.3 Å². The van der Waals surface area contributed by atoms with Crippen LogP contribution in [0.3, 0.4) is 0 Å². The Kier molecular flexibility index (Phi) is 6.68. The smallest absolute Gasteiger partial charge is 0.297 e. The van der Waals surface area contributed by atoms with E-state index >= 15 is 8.78 Å². The number of fused-ring (bicyclic) bond motifs is 2. The van der Waals surface area contributed by atoms with Crippen molar-refractivity contribution >= 4 is 16.8 Å². The summed E-state index contributed by atoms with van der Waals surface area (Å²) in [6, 6.07) is 15.4. The topological polar surface area (TPSA) is 66.9 Å². The third-order valence-corrected chi connectivity index (χ3v) is 8.76. The molecule has 4 aliphatic rings. The van der Waals surface area contributed by atoms with E-state index < -0.39 is 12.0 Å². The summed E-state index contributed by atoms with van der Waals surface area (Å²) in [5.74, 6) is -2.23. The van der Waals surface area contributed by atoms with Crippen LogP contribution in [-0.2, 0) is 17.8 Å². The minimum atomic E-state index is -2.98. The molecule has 1 N–H and O–H groups in total. The number of likely N-dealkylation sites (tertiary alicyclic amines) is 1. The lowest BCUT2D eigenvalue weighted by atomic mass is 10.0. The summed E-state index contributed by atoms with van der Waals surface area (Å²) in [4.78, 5) is 21.4. The molecule has 7 rings (SSSR count). The molecule has 9 heteroatoms. The average Bonchev–Trinajstić information content (AvgIpc) is 3.67. The van der Waals surface area contributed by atoms with Gasteiger partial charge in [-0.3, -0.25) is 14.7 Å². The molecule has 0 radical (unpaired) electrons. The molecule has 0 aliphatic carbocycles. The Morgan fingerprint density at radius 2 is 2.05 bits per heavy atom. The number of rotatable bonds is 6. The first-order chi connectivity index (χ1) is 19.4. The summed E-state index contributed by atoms with van der Waals surface area (Å²) in [7, 11) is 0. The second-order valence-corrected chi connectivity index (χ2v) is 11.6. The third-order valence-electron chi connectivity index (χ3n) is 8.76. The maximum Gasteiger partial charge on any atom is 0.297 e. The number of piperidine rings is 1. The van der Waals surface area contributed by atoms with Gasteiger partial charge in [0.25, 0.3) is 11.8 Å². The Balaban J connectivity index is 1.01. The molecule has 5 heterocycles. The number of aromatic nitrogens is 1. The molecule has 40 heavy (non-hydrogen) atoms. The van der Waals surface area contributed by atoms with Gasteiger partial charge in [0.05, 0.1) is 18.7 Å². The van der Waals surface area contributed by atoms with Gasteiger partial charge in [-0.2, -0.15) is 0 Å². The van der Waals surface area contributed by atoms with Gasteiger partial charge < -0.3 is 19.7 Å². The number of carbonyl (C=O) groups is 1. The van der Waals surface area contributed by atoms with E-state index in [4.69, 9.17) is 14.5 Å². The molecule has 7 nitrogen and oxygen atoms in total. The SMILES string of the molecule is O=C1c2ccc(O[C@@H]3CN(Cc4ccc5nc([C@@H]6CCOC6)ccc5c4)CC3(F)F)cc2CN1[C@H]1CCCNC1. The summed E-state index contributed by atoms with van der Waals surface area (Å²) in [6.45, 7) is 3.93. The monoisotopic (exact) mass is 548 g/mol. The van der Waals surface area contributed by atoms with Crippen LogP contribution in [0.1, 0.15) is 52.4 Å². The van der Waals surface area contributed by atoms with Crippen molar-refractivity contribution in [3.63, 3.8) is 0 Å². The van der Waals surface area contributed by atoms with Crippen molar-refractivity contribution in [2.75, 3.05) is 39.4 Å². The number of nitrogens with one attached hydrogen (secondary N) is 1. The average molecular weight is 549 g/mol. The Bertz CT molecular complexity index is 1420. The van der Waals surface area contributed by atoms with E-state index in [9.17, 15) is 4.79 Å². The molecule has 0 spiro atoms. The van der Waals surface area contributed by atoms with Crippen LogP contribution in [0, 0.1) is 0 Å². The highest BCUT2D eigenvalue weighted by atomic mass is 19.3. The van der Waals surface area contributed by atoms with Crippen molar-refractivity contribution in [2.24, 2.45) is 0 Å². The quantitative estimate of drug-likeness (QED) is 0.494. The van der Waals surface area contributed by atoms with Crippen LogP contribution in [0.2, 0.25) is 0 Å².